The molecular formula is C43H46F2N12O2. The number of nitrogens with zero attached hydrogens (tertiary/aromatic N) is 7. The number of H-pyrrole nitrogens is 3. The van der Waals surface area contributed by atoms with Gasteiger partial charge >= 0.3 is 0 Å². The van der Waals surface area contributed by atoms with Crippen molar-refractivity contribution >= 4 is 67.2 Å². The summed E-state index contributed by atoms with van der Waals surface area (Å²) >= 11 is 0. The number of nitrogen functional groups attached to an aromatic ring is 2. The number of rotatable bonds is 5. The van der Waals surface area contributed by atoms with Crippen LogP contribution in [0.1, 0.15) is 12.7 Å². The van der Waals surface area contributed by atoms with Crippen LogP contribution in [-0.2, 0) is 11.2 Å². The van der Waals surface area contributed by atoms with Gasteiger partial charge in [0.1, 0.15) is 34.6 Å². The lowest BCUT2D eigenvalue weighted by molar-refractivity contribution is -0.116. The molecule has 14 nitrogen and oxygen atoms in total. The van der Waals surface area contributed by atoms with Crippen LogP contribution < -0.4 is 26.8 Å². The van der Waals surface area contributed by atoms with Crippen molar-refractivity contribution in [3.05, 3.63) is 112 Å². The SMILES string of the molecule is CC(=O)Cc1nc2ccc(N3CCN(C)CC3)cc2[nH]1.CN1CCN(c2ccc3nc(-c4c(N)c5c(F)cccc5[nH]c4=O)[nH]c3c2)CC1.[C-]#[N+]c1c(N)cccc1F. The molecule has 0 bridgehead atoms. The number of aromatic amines is 3. The predicted octanol–water partition coefficient (Wildman–Crippen LogP) is 5.95. The first kappa shape index (κ1) is 40.4. The zero-order valence-electron chi connectivity index (χ0n) is 33.1. The molecule has 0 saturated carbocycles. The number of aromatic nitrogens is 5. The van der Waals surface area contributed by atoms with E-state index in [1.54, 1.807) is 13.0 Å². The number of Topliss-reactive ketones (excluding diaryl/α,β-unsaturated/α-hetero) is 1. The molecule has 7 aromatic rings. The van der Waals surface area contributed by atoms with Crippen molar-refractivity contribution in [2.24, 2.45) is 0 Å². The number of anilines is 4. The maximum atomic E-state index is 14.3. The van der Waals surface area contributed by atoms with Crippen LogP contribution >= 0.6 is 0 Å². The molecule has 9 rings (SSSR count). The van der Waals surface area contributed by atoms with Gasteiger partial charge in [-0.15, -0.1) is 0 Å². The van der Waals surface area contributed by atoms with Crippen molar-refractivity contribution < 1.29 is 13.6 Å². The summed E-state index contributed by atoms with van der Waals surface area (Å²) in [5.74, 6) is 0.173. The fraction of sp³-hybridized carbons (Fsp3) is 0.279. The number of benzene rings is 4. The number of hydrogen-bond donors (Lipinski definition) is 5. The first-order valence-corrected chi connectivity index (χ1v) is 19.2. The van der Waals surface area contributed by atoms with Crippen molar-refractivity contribution in [2.45, 2.75) is 13.3 Å². The Balaban J connectivity index is 0.000000152. The second-order valence-electron chi connectivity index (χ2n) is 14.8. The van der Waals surface area contributed by atoms with Crippen molar-refractivity contribution in [1.29, 1.82) is 0 Å². The van der Waals surface area contributed by atoms with E-state index in [4.69, 9.17) is 18.0 Å². The number of para-hydroxylation sites is 1. The number of halogens is 2. The molecule has 59 heavy (non-hydrogen) atoms. The van der Waals surface area contributed by atoms with E-state index in [0.29, 0.717) is 17.8 Å². The molecule has 4 aromatic carbocycles. The summed E-state index contributed by atoms with van der Waals surface area (Å²) in [4.78, 5) is 54.2. The molecule has 304 valence electrons. The van der Waals surface area contributed by atoms with Crippen LogP contribution in [-0.4, -0.2) is 107 Å². The lowest BCUT2D eigenvalue weighted by Gasteiger charge is -2.34. The molecule has 2 saturated heterocycles. The van der Waals surface area contributed by atoms with Gasteiger partial charge in [-0.1, -0.05) is 18.2 Å². The largest absolute Gasteiger partial charge is 0.407 e. The van der Waals surface area contributed by atoms with Gasteiger partial charge in [-0.3, -0.25) is 9.59 Å². The molecule has 5 heterocycles. The third kappa shape index (κ3) is 9.01. The summed E-state index contributed by atoms with van der Waals surface area (Å²) in [5.41, 5.74) is 17.6. The van der Waals surface area contributed by atoms with Crippen LogP contribution in [0, 0.1) is 18.2 Å². The predicted molar refractivity (Wildman–Crippen MR) is 231 cm³/mol. The molecule has 7 N–H and O–H groups in total. The van der Waals surface area contributed by atoms with Gasteiger partial charge in [0.2, 0.25) is 5.69 Å². The van der Waals surface area contributed by atoms with Gasteiger partial charge in [0.15, 0.2) is 0 Å². The minimum Gasteiger partial charge on any atom is -0.407 e. The summed E-state index contributed by atoms with van der Waals surface area (Å²) in [6, 6.07) is 20.9. The lowest BCUT2D eigenvalue weighted by atomic mass is 10.1. The Morgan fingerprint density at radius 2 is 1.31 bits per heavy atom. The number of fused-ring (bicyclic) bond motifs is 3. The molecule has 16 heteroatoms. The number of ketones is 1. The third-order valence-corrected chi connectivity index (χ3v) is 10.5. The van der Waals surface area contributed by atoms with E-state index >= 15 is 0 Å². The minimum atomic E-state index is -0.560. The molecule has 0 aliphatic carbocycles. The molecule has 0 spiro atoms. The van der Waals surface area contributed by atoms with Crippen molar-refractivity contribution in [3.8, 4) is 11.4 Å². The smallest absolute Gasteiger partial charge is 0.261 e. The summed E-state index contributed by atoms with van der Waals surface area (Å²) in [5, 5.41) is 0.195. The van der Waals surface area contributed by atoms with E-state index in [2.05, 4.69) is 75.6 Å². The van der Waals surface area contributed by atoms with Gasteiger partial charge in [0.25, 0.3) is 5.56 Å². The Bertz CT molecular complexity index is 2720. The average molecular weight is 801 g/mol. The highest BCUT2D eigenvalue weighted by molar-refractivity contribution is 5.98. The van der Waals surface area contributed by atoms with Gasteiger partial charge in [0.05, 0.1) is 51.7 Å². The molecular weight excluding hydrogens is 755 g/mol. The number of piperazine rings is 2. The van der Waals surface area contributed by atoms with Crippen molar-refractivity contribution in [2.75, 3.05) is 87.7 Å². The summed E-state index contributed by atoms with van der Waals surface area (Å²) < 4.78 is 26.9. The summed E-state index contributed by atoms with van der Waals surface area (Å²) in [7, 11) is 4.28. The van der Waals surface area contributed by atoms with Gasteiger partial charge < -0.3 is 46.0 Å². The van der Waals surface area contributed by atoms with E-state index in [1.807, 2.05) is 24.3 Å². The Morgan fingerprint density at radius 1 is 0.746 bits per heavy atom. The number of nitrogens with two attached hydrogens (primary N) is 2. The first-order valence-electron chi connectivity index (χ1n) is 19.2. The zero-order valence-corrected chi connectivity index (χ0v) is 33.1. The normalized spacial score (nSPS) is 14.8. The topological polar surface area (TPSA) is 177 Å². The number of carbonyl (C=O) groups excluding carboxylic acids is 1. The Kier molecular flexibility index (Phi) is 11.9. The monoisotopic (exact) mass is 800 g/mol. The van der Waals surface area contributed by atoms with E-state index in [-0.39, 0.29) is 33.8 Å². The maximum Gasteiger partial charge on any atom is 0.261 e. The molecule has 3 aromatic heterocycles. The van der Waals surface area contributed by atoms with E-state index in [0.717, 1.165) is 85.9 Å². The first-order chi connectivity index (χ1) is 28.4. The molecule has 2 aliphatic heterocycles. The molecule has 0 amide bonds. The quantitative estimate of drug-likeness (QED) is 0.103. The van der Waals surface area contributed by atoms with E-state index in [1.165, 1.54) is 36.0 Å². The molecule has 2 fully saturated rings. The van der Waals surface area contributed by atoms with Gasteiger partial charge in [-0.05, 0) is 75.6 Å². The Morgan fingerprint density at radius 3 is 1.86 bits per heavy atom. The highest BCUT2D eigenvalue weighted by Gasteiger charge is 2.20. The third-order valence-electron chi connectivity index (χ3n) is 10.5. The van der Waals surface area contributed by atoms with Crippen molar-refractivity contribution in [3.63, 3.8) is 0 Å². The van der Waals surface area contributed by atoms with E-state index in [9.17, 15) is 18.4 Å². The van der Waals surface area contributed by atoms with Gasteiger partial charge in [-0.25, -0.2) is 23.6 Å². The average Bonchev–Trinajstić information content (AvgIpc) is 3.81. The minimum absolute atomic E-state index is 0.0835. The number of carbonyl (C=O) groups is 1. The van der Waals surface area contributed by atoms with Crippen LogP contribution in [0.25, 0.3) is 49.2 Å². The second-order valence-corrected chi connectivity index (χ2v) is 14.8. The number of imidazole rings is 2. The lowest BCUT2D eigenvalue weighted by Crippen LogP contribution is -2.44. The molecule has 2 aliphatic rings. The zero-order chi connectivity index (χ0) is 41.8. The fourth-order valence-corrected chi connectivity index (χ4v) is 7.23. The van der Waals surface area contributed by atoms with Crippen LogP contribution in [0.3, 0.4) is 0 Å². The summed E-state index contributed by atoms with van der Waals surface area (Å²) in [6.45, 7) is 16.4. The summed E-state index contributed by atoms with van der Waals surface area (Å²) in [6.07, 6.45) is 0.374. The Labute approximate surface area is 339 Å². The Hall–Kier alpha value is -6.83. The molecule has 0 atom stereocenters. The number of pyridine rings is 1. The van der Waals surface area contributed by atoms with Crippen molar-refractivity contribution in [1.82, 2.24) is 34.7 Å². The van der Waals surface area contributed by atoms with Gasteiger partial charge in [0, 0.05) is 69.4 Å². The number of likely N-dealkylation sites (N-methyl/N-ethyl adjacent to an activating group) is 2. The fourth-order valence-electron chi connectivity index (χ4n) is 7.23. The molecule has 0 unspecified atom stereocenters. The van der Waals surface area contributed by atoms with Crippen LogP contribution in [0.15, 0.2) is 77.6 Å². The van der Waals surface area contributed by atoms with Crippen LogP contribution in [0.2, 0.25) is 0 Å². The van der Waals surface area contributed by atoms with Crippen LogP contribution in [0.4, 0.5) is 37.2 Å². The van der Waals surface area contributed by atoms with E-state index < -0.39 is 17.2 Å². The number of nitrogens with one attached hydrogen (secondary N) is 3. The molecule has 0 radical (unpaired) electrons. The number of hydrogen-bond acceptors (Lipinski definition) is 10. The maximum absolute atomic E-state index is 14.3. The highest BCUT2D eigenvalue weighted by atomic mass is 19.1. The van der Waals surface area contributed by atoms with Gasteiger partial charge in [-0.2, -0.15) is 0 Å². The van der Waals surface area contributed by atoms with Crippen LogP contribution in [0.5, 0.6) is 0 Å². The highest BCUT2D eigenvalue weighted by Crippen LogP contribution is 2.31. The second kappa shape index (κ2) is 17.3. The standard InChI is InChI=1S/C21H21FN6O.C15H20N4O.C7H5FN2/c1-27-7-9-28(10-8-27)12-5-6-14-16(11-12)25-20(24-14)18-19(23)17-13(22)3-2-4-15(17)26-21(18)29;1-11(20)9-15-16-13-4-3-12(10-14(13)17-15)19-7-5-18(2)6-8-19;1-10-7-5(8)3-2-4-6(7)9/h2-6,11H,7-10H2,1H3,(H,24,25)(H3,23,26,29);3-4,10H,5-9H2,1-2H3,(H,16,17);2-4H,9H2.